The summed E-state index contributed by atoms with van der Waals surface area (Å²) < 4.78 is 0. The van der Waals surface area contributed by atoms with Crippen molar-refractivity contribution in [2.24, 2.45) is 0 Å². The van der Waals surface area contributed by atoms with Gasteiger partial charge in [0.1, 0.15) is 6.04 Å². The molecule has 0 saturated carbocycles. The smallest absolute Gasteiger partial charge is 0.320 e. The van der Waals surface area contributed by atoms with Gasteiger partial charge in [0.15, 0.2) is 0 Å². The SMILES string of the molecule is CC(NC(C)(C)C(C)O)C(=O)O. The van der Waals surface area contributed by atoms with Crippen molar-refractivity contribution in [3.63, 3.8) is 0 Å². The average molecular weight is 175 g/mol. The summed E-state index contributed by atoms with van der Waals surface area (Å²) in [6.07, 6.45) is -0.584. The van der Waals surface area contributed by atoms with E-state index in [1.165, 1.54) is 0 Å². The fraction of sp³-hybridized carbons (Fsp3) is 0.875. The summed E-state index contributed by atoms with van der Waals surface area (Å²) in [4.78, 5) is 10.5. The number of carboxylic acid groups (broad SMARTS) is 1. The zero-order valence-corrected chi connectivity index (χ0v) is 7.96. The minimum absolute atomic E-state index is 0.572. The second-order valence-corrected chi connectivity index (χ2v) is 3.60. The van der Waals surface area contributed by atoms with Crippen molar-refractivity contribution in [3.8, 4) is 0 Å². The molecule has 0 rings (SSSR count). The first-order valence-corrected chi connectivity index (χ1v) is 3.96. The molecule has 0 aliphatic rings. The topological polar surface area (TPSA) is 69.6 Å². The van der Waals surface area contributed by atoms with Crippen LogP contribution < -0.4 is 5.32 Å². The predicted molar refractivity (Wildman–Crippen MR) is 46.0 cm³/mol. The van der Waals surface area contributed by atoms with E-state index in [2.05, 4.69) is 5.32 Å². The van der Waals surface area contributed by atoms with Crippen molar-refractivity contribution < 1.29 is 15.0 Å². The lowest BCUT2D eigenvalue weighted by Gasteiger charge is -2.31. The van der Waals surface area contributed by atoms with Gasteiger partial charge in [-0.2, -0.15) is 0 Å². The minimum Gasteiger partial charge on any atom is -0.480 e. The molecule has 0 aromatic carbocycles. The summed E-state index contributed by atoms with van der Waals surface area (Å²) in [6, 6.07) is -0.644. The number of aliphatic hydroxyl groups is 1. The van der Waals surface area contributed by atoms with Gasteiger partial charge in [-0.25, -0.2) is 0 Å². The van der Waals surface area contributed by atoms with Crippen LogP contribution in [-0.2, 0) is 4.79 Å². The maximum absolute atomic E-state index is 10.5. The quantitative estimate of drug-likeness (QED) is 0.571. The van der Waals surface area contributed by atoms with Crippen LogP contribution in [0.25, 0.3) is 0 Å². The fourth-order valence-electron chi connectivity index (χ4n) is 0.740. The maximum atomic E-state index is 10.5. The molecular weight excluding hydrogens is 158 g/mol. The van der Waals surface area contributed by atoms with Crippen LogP contribution in [-0.4, -0.2) is 33.9 Å². The van der Waals surface area contributed by atoms with Crippen LogP contribution in [0.15, 0.2) is 0 Å². The molecule has 0 aliphatic carbocycles. The number of carboxylic acids is 1. The molecule has 0 fully saturated rings. The molecule has 3 N–H and O–H groups in total. The van der Waals surface area contributed by atoms with Crippen molar-refractivity contribution >= 4 is 5.97 Å². The van der Waals surface area contributed by atoms with Crippen molar-refractivity contribution in [1.82, 2.24) is 5.32 Å². The summed E-state index contributed by atoms with van der Waals surface area (Å²) in [5.74, 6) is -0.913. The molecule has 0 aromatic rings. The first kappa shape index (κ1) is 11.4. The lowest BCUT2D eigenvalue weighted by Crippen LogP contribution is -2.54. The van der Waals surface area contributed by atoms with Crippen LogP contribution in [0.5, 0.6) is 0 Å². The highest BCUT2D eigenvalue weighted by molar-refractivity contribution is 5.72. The van der Waals surface area contributed by atoms with E-state index in [0.29, 0.717) is 0 Å². The number of carbonyl (C=O) groups is 1. The molecule has 12 heavy (non-hydrogen) atoms. The van der Waals surface area contributed by atoms with E-state index in [1.54, 1.807) is 27.7 Å². The summed E-state index contributed by atoms with van der Waals surface area (Å²) in [5.41, 5.74) is -0.572. The monoisotopic (exact) mass is 175 g/mol. The standard InChI is InChI=1S/C8H17NO3/c1-5(7(11)12)9-8(3,4)6(2)10/h5-6,9-10H,1-4H3,(H,11,12). The van der Waals surface area contributed by atoms with Gasteiger partial charge in [-0.05, 0) is 27.7 Å². The van der Waals surface area contributed by atoms with E-state index in [4.69, 9.17) is 5.11 Å². The second-order valence-electron chi connectivity index (χ2n) is 3.60. The number of rotatable bonds is 4. The van der Waals surface area contributed by atoms with Crippen LogP contribution >= 0.6 is 0 Å². The van der Waals surface area contributed by atoms with Gasteiger partial charge in [0, 0.05) is 5.54 Å². The van der Waals surface area contributed by atoms with Gasteiger partial charge in [0.2, 0.25) is 0 Å². The van der Waals surface area contributed by atoms with Crippen LogP contribution in [0.3, 0.4) is 0 Å². The van der Waals surface area contributed by atoms with Crippen LogP contribution in [0, 0.1) is 0 Å². The molecule has 0 aromatic heterocycles. The van der Waals surface area contributed by atoms with E-state index in [-0.39, 0.29) is 0 Å². The number of aliphatic carboxylic acids is 1. The minimum atomic E-state index is -0.913. The highest BCUT2D eigenvalue weighted by Gasteiger charge is 2.27. The molecule has 4 heteroatoms. The molecule has 0 bridgehead atoms. The molecule has 72 valence electrons. The first-order chi connectivity index (χ1) is 5.27. The van der Waals surface area contributed by atoms with Crippen molar-refractivity contribution in [2.75, 3.05) is 0 Å². The van der Waals surface area contributed by atoms with Gasteiger partial charge < -0.3 is 10.2 Å². The highest BCUT2D eigenvalue weighted by atomic mass is 16.4. The second kappa shape index (κ2) is 3.87. The zero-order chi connectivity index (χ0) is 9.94. The molecule has 0 spiro atoms. The lowest BCUT2D eigenvalue weighted by molar-refractivity contribution is -0.139. The summed E-state index contributed by atoms with van der Waals surface area (Å²) in [5, 5.41) is 20.6. The van der Waals surface area contributed by atoms with Crippen LogP contribution in [0.1, 0.15) is 27.7 Å². The molecule has 4 nitrogen and oxygen atoms in total. The Hall–Kier alpha value is -0.610. The largest absolute Gasteiger partial charge is 0.480 e. The molecule has 0 saturated heterocycles. The Labute approximate surface area is 72.6 Å². The van der Waals surface area contributed by atoms with Crippen LogP contribution in [0.2, 0.25) is 0 Å². The third-order valence-electron chi connectivity index (χ3n) is 2.00. The van der Waals surface area contributed by atoms with E-state index in [9.17, 15) is 9.90 Å². The van der Waals surface area contributed by atoms with E-state index in [1.807, 2.05) is 0 Å². The van der Waals surface area contributed by atoms with Gasteiger partial charge in [-0.1, -0.05) is 0 Å². The van der Waals surface area contributed by atoms with Crippen molar-refractivity contribution in [1.29, 1.82) is 0 Å². The molecule has 0 heterocycles. The van der Waals surface area contributed by atoms with Crippen molar-refractivity contribution in [3.05, 3.63) is 0 Å². The molecule has 0 radical (unpaired) electrons. The van der Waals surface area contributed by atoms with E-state index in [0.717, 1.165) is 0 Å². The van der Waals surface area contributed by atoms with Gasteiger partial charge >= 0.3 is 5.97 Å². The molecule has 0 aliphatic heterocycles. The van der Waals surface area contributed by atoms with Crippen molar-refractivity contribution in [2.45, 2.75) is 45.4 Å². The Balaban J connectivity index is 4.15. The Kier molecular flexibility index (Phi) is 3.67. The Morgan fingerprint density at radius 1 is 1.42 bits per heavy atom. The molecule has 2 atom stereocenters. The van der Waals surface area contributed by atoms with Gasteiger partial charge in [-0.3, -0.25) is 10.1 Å². The number of nitrogens with one attached hydrogen (secondary N) is 1. The number of hydrogen-bond donors (Lipinski definition) is 3. The van der Waals surface area contributed by atoms with E-state index >= 15 is 0 Å². The zero-order valence-electron chi connectivity index (χ0n) is 7.96. The normalized spacial score (nSPS) is 17.1. The average Bonchev–Trinajstić information content (AvgIpc) is 1.85. The summed E-state index contributed by atoms with van der Waals surface area (Å²) in [7, 11) is 0. The Bertz CT molecular complexity index is 166. The van der Waals surface area contributed by atoms with Gasteiger partial charge in [-0.15, -0.1) is 0 Å². The third-order valence-corrected chi connectivity index (χ3v) is 2.00. The lowest BCUT2D eigenvalue weighted by atomic mass is 9.98. The predicted octanol–water partition coefficient (Wildman–Crippen LogP) is 0.208. The number of hydrogen-bond acceptors (Lipinski definition) is 3. The van der Waals surface area contributed by atoms with Gasteiger partial charge in [0.25, 0.3) is 0 Å². The summed E-state index contributed by atoms with van der Waals surface area (Å²) in [6.45, 7) is 6.70. The fourth-order valence-corrected chi connectivity index (χ4v) is 0.740. The summed E-state index contributed by atoms with van der Waals surface area (Å²) >= 11 is 0. The Morgan fingerprint density at radius 3 is 2.08 bits per heavy atom. The maximum Gasteiger partial charge on any atom is 0.320 e. The number of aliphatic hydroxyl groups excluding tert-OH is 1. The molecule has 2 unspecified atom stereocenters. The first-order valence-electron chi connectivity index (χ1n) is 3.96. The molecule has 0 amide bonds. The van der Waals surface area contributed by atoms with Crippen LogP contribution in [0.4, 0.5) is 0 Å². The molecular formula is C8H17NO3. The van der Waals surface area contributed by atoms with E-state index < -0.39 is 23.7 Å². The van der Waals surface area contributed by atoms with Gasteiger partial charge in [0.05, 0.1) is 6.10 Å². The highest BCUT2D eigenvalue weighted by Crippen LogP contribution is 2.09. The third kappa shape index (κ3) is 3.19. The Morgan fingerprint density at radius 2 is 1.83 bits per heavy atom.